The molecule has 0 spiro atoms. The van der Waals surface area contributed by atoms with Gasteiger partial charge in [-0.25, -0.2) is 0 Å². The number of hydrogen-bond acceptors (Lipinski definition) is 5. The number of ether oxygens (including phenoxy) is 2. The summed E-state index contributed by atoms with van der Waals surface area (Å²) in [6, 6.07) is -0.268. The average Bonchev–Trinajstić information content (AvgIpc) is 2.36. The molecule has 0 bridgehead atoms. The predicted molar refractivity (Wildman–Crippen MR) is 62.5 cm³/mol. The van der Waals surface area contributed by atoms with E-state index < -0.39 is 11.9 Å². The molecule has 0 radical (unpaired) electrons. The van der Waals surface area contributed by atoms with Crippen LogP contribution < -0.4 is 5.32 Å². The summed E-state index contributed by atoms with van der Waals surface area (Å²) < 4.78 is 9.41. The number of carbonyl (C=O) groups is 3. The molecule has 1 N–H and O–H groups in total. The fraction of sp³-hybridized carbons (Fsp3) is 0.750. The molecular formula is C12H19NO5. The molecule has 0 aromatic rings. The number of hydrogen-bond donors (Lipinski definition) is 1. The first-order chi connectivity index (χ1) is 8.49. The Hall–Kier alpha value is -1.59. The SMILES string of the molecule is COC(=O)[C@H]1CC[C@H](NC(C)=O)[C@@H](C(=O)OC)C1. The van der Waals surface area contributed by atoms with E-state index in [1.165, 1.54) is 21.1 Å². The fourth-order valence-electron chi connectivity index (χ4n) is 2.40. The maximum atomic E-state index is 11.7. The predicted octanol–water partition coefficient (Wildman–Crippen LogP) is 0.253. The van der Waals surface area contributed by atoms with Gasteiger partial charge in [0, 0.05) is 13.0 Å². The lowest BCUT2D eigenvalue weighted by Crippen LogP contribution is -2.47. The molecule has 1 rings (SSSR count). The van der Waals surface area contributed by atoms with Crippen LogP contribution in [0.2, 0.25) is 0 Å². The molecule has 1 amide bonds. The van der Waals surface area contributed by atoms with Gasteiger partial charge in [-0.05, 0) is 19.3 Å². The Morgan fingerprint density at radius 3 is 2.17 bits per heavy atom. The van der Waals surface area contributed by atoms with E-state index in [1.807, 2.05) is 0 Å². The minimum atomic E-state index is -0.489. The van der Waals surface area contributed by atoms with Crippen molar-refractivity contribution in [3.05, 3.63) is 0 Å². The lowest BCUT2D eigenvalue weighted by molar-refractivity contribution is -0.153. The second kappa shape index (κ2) is 6.37. The van der Waals surface area contributed by atoms with Crippen LogP contribution in [0.1, 0.15) is 26.2 Å². The highest BCUT2D eigenvalue weighted by atomic mass is 16.5. The minimum Gasteiger partial charge on any atom is -0.469 e. The maximum absolute atomic E-state index is 11.7. The largest absolute Gasteiger partial charge is 0.469 e. The van der Waals surface area contributed by atoms with Gasteiger partial charge in [0.2, 0.25) is 5.91 Å². The van der Waals surface area contributed by atoms with Crippen molar-refractivity contribution < 1.29 is 23.9 Å². The molecule has 0 aromatic carbocycles. The Bertz CT molecular complexity index is 341. The van der Waals surface area contributed by atoms with Crippen molar-refractivity contribution in [3.8, 4) is 0 Å². The summed E-state index contributed by atoms with van der Waals surface area (Å²) in [4.78, 5) is 34.3. The topological polar surface area (TPSA) is 81.7 Å². The van der Waals surface area contributed by atoms with Gasteiger partial charge in [-0.3, -0.25) is 14.4 Å². The van der Waals surface area contributed by atoms with Gasteiger partial charge in [0.25, 0.3) is 0 Å². The normalized spacial score (nSPS) is 27.2. The monoisotopic (exact) mass is 257 g/mol. The number of esters is 2. The minimum absolute atomic E-state index is 0.189. The molecule has 0 aromatic heterocycles. The van der Waals surface area contributed by atoms with Crippen LogP contribution in [-0.2, 0) is 23.9 Å². The number of amides is 1. The highest BCUT2D eigenvalue weighted by molar-refractivity contribution is 5.79. The van der Waals surface area contributed by atoms with Crippen LogP contribution in [0.25, 0.3) is 0 Å². The lowest BCUT2D eigenvalue weighted by atomic mass is 9.78. The molecule has 0 aliphatic heterocycles. The molecule has 0 saturated heterocycles. The van der Waals surface area contributed by atoms with Crippen LogP contribution in [-0.4, -0.2) is 38.1 Å². The zero-order chi connectivity index (χ0) is 13.7. The molecule has 1 aliphatic carbocycles. The van der Waals surface area contributed by atoms with Gasteiger partial charge in [-0.15, -0.1) is 0 Å². The summed E-state index contributed by atoms with van der Waals surface area (Å²) >= 11 is 0. The molecule has 1 aliphatic rings. The molecule has 18 heavy (non-hydrogen) atoms. The number of methoxy groups -OCH3 is 2. The average molecular weight is 257 g/mol. The molecule has 6 nitrogen and oxygen atoms in total. The van der Waals surface area contributed by atoms with E-state index in [0.717, 1.165) is 0 Å². The third kappa shape index (κ3) is 3.45. The number of carbonyl (C=O) groups excluding carboxylic acids is 3. The fourth-order valence-corrected chi connectivity index (χ4v) is 2.40. The first-order valence-corrected chi connectivity index (χ1v) is 5.92. The van der Waals surface area contributed by atoms with Gasteiger partial charge < -0.3 is 14.8 Å². The van der Waals surface area contributed by atoms with Crippen molar-refractivity contribution in [2.75, 3.05) is 14.2 Å². The van der Waals surface area contributed by atoms with Crippen LogP contribution in [0, 0.1) is 11.8 Å². The van der Waals surface area contributed by atoms with Crippen molar-refractivity contribution in [2.45, 2.75) is 32.2 Å². The Balaban J connectivity index is 2.75. The summed E-state index contributed by atoms with van der Waals surface area (Å²) in [6.07, 6.45) is 1.52. The second-order valence-corrected chi connectivity index (χ2v) is 4.47. The molecule has 0 heterocycles. The second-order valence-electron chi connectivity index (χ2n) is 4.47. The van der Waals surface area contributed by atoms with E-state index in [0.29, 0.717) is 19.3 Å². The summed E-state index contributed by atoms with van der Waals surface area (Å²) in [7, 11) is 2.63. The molecule has 3 atom stereocenters. The lowest BCUT2D eigenvalue weighted by Gasteiger charge is -2.33. The Morgan fingerprint density at radius 1 is 1.06 bits per heavy atom. The van der Waals surface area contributed by atoms with Crippen molar-refractivity contribution in [2.24, 2.45) is 11.8 Å². The van der Waals surface area contributed by atoms with Crippen LogP contribution in [0.3, 0.4) is 0 Å². The standard InChI is InChI=1S/C12H19NO5/c1-7(14)13-10-5-4-8(11(15)17-2)6-9(10)12(16)18-3/h8-10H,4-6H2,1-3H3,(H,13,14)/t8-,9-,10-/m0/s1. The molecular weight excluding hydrogens is 238 g/mol. The summed E-state index contributed by atoms with van der Waals surface area (Å²) in [6.45, 7) is 1.40. The van der Waals surface area contributed by atoms with E-state index >= 15 is 0 Å². The number of rotatable bonds is 3. The van der Waals surface area contributed by atoms with E-state index in [9.17, 15) is 14.4 Å². The summed E-state index contributed by atoms with van der Waals surface area (Å²) in [5, 5.41) is 2.73. The quantitative estimate of drug-likeness (QED) is 0.733. The van der Waals surface area contributed by atoms with E-state index in [1.54, 1.807) is 0 Å². The first kappa shape index (κ1) is 14.5. The van der Waals surface area contributed by atoms with Crippen LogP contribution >= 0.6 is 0 Å². The Morgan fingerprint density at radius 2 is 1.67 bits per heavy atom. The zero-order valence-electron chi connectivity index (χ0n) is 10.9. The Kier molecular flexibility index (Phi) is 5.12. The van der Waals surface area contributed by atoms with Crippen molar-refractivity contribution in [1.82, 2.24) is 5.32 Å². The van der Waals surface area contributed by atoms with Crippen LogP contribution in [0.5, 0.6) is 0 Å². The van der Waals surface area contributed by atoms with Gasteiger partial charge in [0.1, 0.15) is 0 Å². The molecule has 102 valence electrons. The van der Waals surface area contributed by atoms with Crippen molar-refractivity contribution >= 4 is 17.8 Å². The maximum Gasteiger partial charge on any atom is 0.310 e. The van der Waals surface area contributed by atoms with Gasteiger partial charge in [-0.2, -0.15) is 0 Å². The first-order valence-electron chi connectivity index (χ1n) is 5.92. The van der Waals surface area contributed by atoms with Crippen LogP contribution in [0.15, 0.2) is 0 Å². The highest BCUT2D eigenvalue weighted by Gasteiger charge is 2.39. The van der Waals surface area contributed by atoms with Crippen molar-refractivity contribution in [3.63, 3.8) is 0 Å². The summed E-state index contributed by atoms with van der Waals surface area (Å²) in [5.41, 5.74) is 0. The van der Waals surface area contributed by atoms with Gasteiger partial charge in [0.15, 0.2) is 0 Å². The van der Waals surface area contributed by atoms with Gasteiger partial charge in [0.05, 0.1) is 26.1 Å². The number of nitrogens with one attached hydrogen (secondary N) is 1. The third-order valence-electron chi connectivity index (χ3n) is 3.28. The van der Waals surface area contributed by atoms with Crippen LogP contribution in [0.4, 0.5) is 0 Å². The highest BCUT2D eigenvalue weighted by Crippen LogP contribution is 2.31. The van der Waals surface area contributed by atoms with Gasteiger partial charge >= 0.3 is 11.9 Å². The van der Waals surface area contributed by atoms with E-state index in [4.69, 9.17) is 4.74 Å². The molecule has 1 fully saturated rings. The molecule has 0 unspecified atom stereocenters. The van der Waals surface area contributed by atoms with E-state index in [2.05, 4.69) is 10.1 Å². The van der Waals surface area contributed by atoms with Gasteiger partial charge in [-0.1, -0.05) is 0 Å². The molecule has 1 saturated carbocycles. The summed E-state index contributed by atoms with van der Waals surface area (Å²) in [5.74, 6) is -1.70. The van der Waals surface area contributed by atoms with E-state index in [-0.39, 0.29) is 23.8 Å². The Labute approximate surface area is 106 Å². The van der Waals surface area contributed by atoms with Crippen molar-refractivity contribution in [1.29, 1.82) is 0 Å². The molecule has 6 heteroatoms. The smallest absolute Gasteiger partial charge is 0.310 e. The zero-order valence-corrected chi connectivity index (χ0v) is 10.9. The third-order valence-corrected chi connectivity index (χ3v) is 3.28.